The summed E-state index contributed by atoms with van der Waals surface area (Å²) in [5.74, 6) is 0.253. The van der Waals surface area contributed by atoms with Crippen LogP contribution in [0.5, 0.6) is 0 Å². The Balaban J connectivity index is 2.80. The van der Waals surface area contributed by atoms with Crippen molar-refractivity contribution < 1.29 is 15.3 Å². The second-order valence-electron chi connectivity index (χ2n) is 4.70. The van der Waals surface area contributed by atoms with Gasteiger partial charge in [0.05, 0.1) is 11.7 Å². The minimum Gasteiger partial charge on any atom is -0.396 e. The molecule has 0 radical (unpaired) electrons. The highest BCUT2D eigenvalue weighted by atomic mass is 16.3. The lowest BCUT2D eigenvalue weighted by Crippen LogP contribution is -2.43. The van der Waals surface area contributed by atoms with E-state index in [0.717, 1.165) is 0 Å². The van der Waals surface area contributed by atoms with Crippen molar-refractivity contribution in [1.29, 1.82) is 0 Å². The highest BCUT2D eigenvalue weighted by Crippen LogP contribution is 2.43. The van der Waals surface area contributed by atoms with E-state index in [9.17, 15) is 10.2 Å². The van der Waals surface area contributed by atoms with E-state index in [-0.39, 0.29) is 18.4 Å². The first kappa shape index (κ1) is 11.0. The van der Waals surface area contributed by atoms with E-state index in [1.54, 1.807) is 6.92 Å². The summed E-state index contributed by atoms with van der Waals surface area (Å²) in [5.41, 5.74) is -1.04. The summed E-state index contributed by atoms with van der Waals surface area (Å²) in [7, 11) is 0. The van der Waals surface area contributed by atoms with Crippen LogP contribution in [-0.4, -0.2) is 33.6 Å². The average molecular weight is 188 g/mol. The van der Waals surface area contributed by atoms with Crippen LogP contribution in [-0.2, 0) is 0 Å². The first-order valence-corrected chi connectivity index (χ1v) is 4.92. The smallest absolute Gasteiger partial charge is 0.0911 e. The molecule has 1 rings (SSSR count). The molecule has 0 unspecified atom stereocenters. The largest absolute Gasteiger partial charge is 0.396 e. The molecule has 0 spiro atoms. The Morgan fingerprint density at radius 2 is 2.00 bits per heavy atom. The fourth-order valence-electron chi connectivity index (χ4n) is 2.51. The zero-order valence-electron chi connectivity index (χ0n) is 8.57. The third-order valence-corrected chi connectivity index (χ3v) is 3.39. The molecule has 1 aliphatic rings. The molecule has 0 aliphatic heterocycles. The van der Waals surface area contributed by atoms with Crippen LogP contribution < -0.4 is 0 Å². The SMILES string of the molecule is CC(C)[C@@H]1C[C@H](CO)[C@@H](O)[C@@]1(C)O. The topological polar surface area (TPSA) is 60.7 Å². The van der Waals surface area contributed by atoms with Gasteiger partial charge in [-0.2, -0.15) is 0 Å². The lowest BCUT2D eigenvalue weighted by Gasteiger charge is -2.31. The molecule has 0 aromatic heterocycles. The lowest BCUT2D eigenvalue weighted by molar-refractivity contribution is -0.0893. The number of aliphatic hydroxyl groups excluding tert-OH is 2. The van der Waals surface area contributed by atoms with Crippen LogP contribution in [0.1, 0.15) is 27.2 Å². The molecule has 0 bridgehead atoms. The minimum absolute atomic E-state index is 0.0411. The molecule has 3 heteroatoms. The number of aliphatic hydroxyl groups is 3. The predicted octanol–water partition coefficient (Wildman–Crippen LogP) is 0.383. The van der Waals surface area contributed by atoms with Crippen molar-refractivity contribution in [1.82, 2.24) is 0 Å². The Morgan fingerprint density at radius 1 is 1.46 bits per heavy atom. The van der Waals surface area contributed by atoms with Gasteiger partial charge in [-0.25, -0.2) is 0 Å². The van der Waals surface area contributed by atoms with Crippen molar-refractivity contribution in [3.05, 3.63) is 0 Å². The molecule has 1 fully saturated rings. The van der Waals surface area contributed by atoms with E-state index in [2.05, 4.69) is 0 Å². The van der Waals surface area contributed by atoms with Crippen LogP contribution in [0, 0.1) is 17.8 Å². The third kappa shape index (κ3) is 1.73. The first-order chi connectivity index (χ1) is 5.91. The highest BCUT2D eigenvalue weighted by molar-refractivity contribution is 5.01. The Hall–Kier alpha value is -0.120. The molecule has 1 saturated carbocycles. The zero-order valence-corrected chi connectivity index (χ0v) is 8.57. The highest BCUT2D eigenvalue weighted by Gasteiger charge is 2.50. The number of hydrogen-bond acceptors (Lipinski definition) is 3. The van der Waals surface area contributed by atoms with Crippen molar-refractivity contribution in [2.75, 3.05) is 6.61 Å². The Bertz CT molecular complexity index is 177. The molecule has 1 aliphatic carbocycles. The first-order valence-electron chi connectivity index (χ1n) is 4.92. The molecule has 0 aromatic rings. The molecule has 3 nitrogen and oxygen atoms in total. The molecule has 0 saturated heterocycles. The van der Waals surface area contributed by atoms with Gasteiger partial charge in [0.25, 0.3) is 0 Å². The summed E-state index contributed by atoms with van der Waals surface area (Å²) in [6.45, 7) is 5.69. The standard InChI is InChI=1S/C10H20O3/c1-6(2)8-4-7(5-11)9(12)10(8,3)13/h6-9,11-13H,4-5H2,1-3H3/t7-,8+,9-,10+/m1/s1. The van der Waals surface area contributed by atoms with Gasteiger partial charge in [0.15, 0.2) is 0 Å². The van der Waals surface area contributed by atoms with Gasteiger partial charge in [0, 0.05) is 12.5 Å². The normalized spacial score (nSPS) is 45.9. The Labute approximate surface area is 79.4 Å². The average Bonchev–Trinajstić information content (AvgIpc) is 2.25. The van der Waals surface area contributed by atoms with E-state index >= 15 is 0 Å². The summed E-state index contributed by atoms with van der Waals surface area (Å²) < 4.78 is 0. The van der Waals surface area contributed by atoms with Crippen LogP contribution in [0.25, 0.3) is 0 Å². The molecular weight excluding hydrogens is 168 g/mol. The van der Waals surface area contributed by atoms with E-state index in [1.165, 1.54) is 0 Å². The Morgan fingerprint density at radius 3 is 2.23 bits per heavy atom. The van der Waals surface area contributed by atoms with Gasteiger partial charge in [-0.1, -0.05) is 13.8 Å². The van der Waals surface area contributed by atoms with Gasteiger partial charge < -0.3 is 15.3 Å². The fraction of sp³-hybridized carbons (Fsp3) is 1.00. The molecule has 0 aromatic carbocycles. The van der Waals surface area contributed by atoms with E-state index < -0.39 is 11.7 Å². The number of rotatable bonds is 2. The van der Waals surface area contributed by atoms with Crippen molar-refractivity contribution in [2.45, 2.75) is 38.9 Å². The third-order valence-electron chi connectivity index (χ3n) is 3.39. The second kappa shape index (κ2) is 3.56. The summed E-state index contributed by atoms with van der Waals surface area (Å²) in [6, 6.07) is 0. The summed E-state index contributed by atoms with van der Waals surface area (Å²) in [5, 5.41) is 28.8. The predicted molar refractivity (Wildman–Crippen MR) is 50.2 cm³/mol. The van der Waals surface area contributed by atoms with Crippen molar-refractivity contribution in [3.63, 3.8) is 0 Å². The van der Waals surface area contributed by atoms with Gasteiger partial charge in [-0.15, -0.1) is 0 Å². The van der Waals surface area contributed by atoms with E-state index in [0.29, 0.717) is 12.3 Å². The molecule has 0 heterocycles. The van der Waals surface area contributed by atoms with Crippen LogP contribution >= 0.6 is 0 Å². The monoisotopic (exact) mass is 188 g/mol. The van der Waals surface area contributed by atoms with Crippen LogP contribution in [0.2, 0.25) is 0 Å². The van der Waals surface area contributed by atoms with Gasteiger partial charge in [0.2, 0.25) is 0 Å². The van der Waals surface area contributed by atoms with Gasteiger partial charge >= 0.3 is 0 Å². The van der Waals surface area contributed by atoms with Crippen LogP contribution in [0.4, 0.5) is 0 Å². The van der Waals surface area contributed by atoms with Crippen LogP contribution in [0.15, 0.2) is 0 Å². The molecule has 4 atom stereocenters. The fourth-order valence-corrected chi connectivity index (χ4v) is 2.51. The second-order valence-corrected chi connectivity index (χ2v) is 4.70. The molecule has 3 N–H and O–H groups in total. The summed E-state index contributed by atoms with van der Waals surface area (Å²) in [6.07, 6.45) is -0.0765. The maximum atomic E-state index is 10.0. The van der Waals surface area contributed by atoms with Gasteiger partial charge in [-0.05, 0) is 25.2 Å². The van der Waals surface area contributed by atoms with E-state index in [1.807, 2.05) is 13.8 Å². The molecule has 78 valence electrons. The summed E-state index contributed by atoms with van der Waals surface area (Å²) >= 11 is 0. The number of hydrogen-bond donors (Lipinski definition) is 3. The van der Waals surface area contributed by atoms with Crippen molar-refractivity contribution in [2.24, 2.45) is 17.8 Å². The van der Waals surface area contributed by atoms with Crippen LogP contribution in [0.3, 0.4) is 0 Å². The van der Waals surface area contributed by atoms with Gasteiger partial charge in [0.1, 0.15) is 0 Å². The molecular formula is C10H20O3. The minimum atomic E-state index is -1.04. The quantitative estimate of drug-likeness (QED) is 0.587. The molecule has 13 heavy (non-hydrogen) atoms. The maximum Gasteiger partial charge on any atom is 0.0911 e. The zero-order chi connectivity index (χ0) is 10.2. The van der Waals surface area contributed by atoms with E-state index in [4.69, 9.17) is 5.11 Å². The summed E-state index contributed by atoms with van der Waals surface area (Å²) in [4.78, 5) is 0. The van der Waals surface area contributed by atoms with Crippen molar-refractivity contribution >= 4 is 0 Å². The Kier molecular flexibility index (Phi) is 3.00. The van der Waals surface area contributed by atoms with Gasteiger partial charge in [-0.3, -0.25) is 0 Å². The molecule has 0 amide bonds. The van der Waals surface area contributed by atoms with Crippen molar-refractivity contribution in [3.8, 4) is 0 Å². The maximum absolute atomic E-state index is 10.0. The lowest BCUT2D eigenvalue weighted by atomic mass is 9.83.